The Hall–Kier alpha value is -1.37. The summed E-state index contributed by atoms with van der Waals surface area (Å²) in [6.45, 7) is 1.16. The third-order valence-corrected chi connectivity index (χ3v) is 3.32. The molecule has 0 spiro atoms. The Morgan fingerprint density at radius 1 is 1.37 bits per heavy atom. The van der Waals surface area contributed by atoms with Gasteiger partial charge in [0.2, 0.25) is 0 Å². The first kappa shape index (κ1) is 14.0. The second-order valence-electron chi connectivity index (χ2n) is 4.76. The Morgan fingerprint density at radius 2 is 2.16 bits per heavy atom. The quantitative estimate of drug-likeness (QED) is 0.918. The molecule has 1 N–H and O–H groups in total. The summed E-state index contributed by atoms with van der Waals surface area (Å²) < 4.78 is 38.1. The van der Waals surface area contributed by atoms with Gasteiger partial charge in [-0.2, -0.15) is 13.2 Å². The van der Waals surface area contributed by atoms with Gasteiger partial charge in [-0.3, -0.25) is 9.88 Å². The number of halogens is 3. The van der Waals surface area contributed by atoms with Gasteiger partial charge in [-0.25, -0.2) is 4.98 Å². The van der Waals surface area contributed by atoms with Gasteiger partial charge >= 0.3 is 6.18 Å². The number of aromatic nitrogens is 2. The maximum absolute atomic E-state index is 12.7. The Balaban J connectivity index is 1.94. The van der Waals surface area contributed by atoms with Crippen LogP contribution >= 0.6 is 0 Å². The van der Waals surface area contributed by atoms with Gasteiger partial charge in [-0.1, -0.05) is 0 Å². The SMILES string of the molecule is CNc1cnc(CN2CCCC(C(F)(F)F)C2)cn1. The molecule has 1 saturated heterocycles. The summed E-state index contributed by atoms with van der Waals surface area (Å²) >= 11 is 0. The van der Waals surface area contributed by atoms with Crippen molar-refractivity contribution in [3.05, 3.63) is 18.1 Å². The fraction of sp³-hybridized carbons (Fsp3) is 0.667. The van der Waals surface area contributed by atoms with Crippen molar-refractivity contribution in [2.45, 2.75) is 25.6 Å². The number of hydrogen-bond acceptors (Lipinski definition) is 4. The lowest BCUT2D eigenvalue weighted by molar-refractivity contribution is -0.187. The highest BCUT2D eigenvalue weighted by molar-refractivity contribution is 5.29. The summed E-state index contributed by atoms with van der Waals surface area (Å²) in [5, 5.41) is 2.85. The number of rotatable bonds is 3. The van der Waals surface area contributed by atoms with Crippen LogP contribution in [0.1, 0.15) is 18.5 Å². The zero-order chi connectivity index (χ0) is 13.9. The first-order valence-electron chi connectivity index (χ1n) is 6.27. The van der Waals surface area contributed by atoms with E-state index in [1.807, 2.05) is 0 Å². The number of piperidine rings is 1. The van der Waals surface area contributed by atoms with E-state index >= 15 is 0 Å². The molecule has 19 heavy (non-hydrogen) atoms. The molecule has 0 radical (unpaired) electrons. The summed E-state index contributed by atoms with van der Waals surface area (Å²) in [5.74, 6) is -0.568. The third kappa shape index (κ3) is 3.79. The van der Waals surface area contributed by atoms with Gasteiger partial charge in [-0.05, 0) is 19.4 Å². The van der Waals surface area contributed by atoms with Crippen molar-refractivity contribution in [2.75, 3.05) is 25.5 Å². The third-order valence-electron chi connectivity index (χ3n) is 3.32. The van der Waals surface area contributed by atoms with E-state index in [1.165, 1.54) is 0 Å². The van der Waals surface area contributed by atoms with Crippen LogP contribution in [0.15, 0.2) is 12.4 Å². The van der Waals surface area contributed by atoms with Gasteiger partial charge in [0, 0.05) is 20.1 Å². The molecule has 1 aromatic heterocycles. The molecule has 0 aromatic carbocycles. The summed E-state index contributed by atoms with van der Waals surface area (Å²) in [7, 11) is 1.74. The number of nitrogens with one attached hydrogen (secondary N) is 1. The average molecular weight is 274 g/mol. The molecule has 0 amide bonds. The van der Waals surface area contributed by atoms with Gasteiger partial charge in [0.15, 0.2) is 0 Å². The topological polar surface area (TPSA) is 41.1 Å². The highest BCUT2D eigenvalue weighted by Crippen LogP contribution is 2.33. The number of likely N-dealkylation sites (tertiary alicyclic amines) is 1. The molecule has 4 nitrogen and oxygen atoms in total. The lowest BCUT2D eigenvalue weighted by Gasteiger charge is -2.33. The van der Waals surface area contributed by atoms with Crippen molar-refractivity contribution in [3.63, 3.8) is 0 Å². The zero-order valence-corrected chi connectivity index (χ0v) is 10.7. The molecule has 2 rings (SSSR count). The molecule has 1 aromatic rings. The Bertz CT molecular complexity index is 404. The lowest BCUT2D eigenvalue weighted by atomic mass is 9.97. The smallest absolute Gasteiger partial charge is 0.372 e. The molecule has 1 unspecified atom stereocenters. The van der Waals surface area contributed by atoms with E-state index in [9.17, 15) is 13.2 Å². The van der Waals surface area contributed by atoms with Crippen LogP contribution in [-0.4, -0.2) is 41.2 Å². The van der Waals surface area contributed by atoms with Crippen LogP contribution in [-0.2, 0) is 6.54 Å². The molecule has 0 aliphatic carbocycles. The van der Waals surface area contributed by atoms with E-state index in [0.29, 0.717) is 31.0 Å². The predicted octanol–water partition coefficient (Wildman–Crippen LogP) is 2.29. The van der Waals surface area contributed by atoms with Crippen LogP contribution in [0.4, 0.5) is 19.0 Å². The normalized spacial score (nSPS) is 21.4. The molecule has 7 heteroatoms. The summed E-state index contributed by atoms with van der Waals surface area (Å²) in [6, 6.07) is 0. The number of alkyl halides is 3. The van der Waals surface area contributed by atoms with E-state index in [1.54, 1.807) is 24.3 Å². The molecule has 2 heterocycles. The maximum Gasteiger partial charge on any atom is 0.393 e. The minimum Gasteiger partial charge on any atom is -0.372 e. The van der Waals surface area contributed by atoms with Gasteiger partial charge in [0.05, 0.1) is 24.0 Å². The highest BCUT2D eigenvalue weighted by Gasteiger charge is 2.41. The van der Waals surface area contributed by atoms with Crippen molar-refractivity contribution in [2.24, 2.45) is 5.92 Å². The maximum atomic E-state index is 12.7. The average Bonchev–Trinajstić information content (AvgIpc) is 2.39. The van der Waals surface area contributed by atoms with Crippen molar-refractivity contribution in [3.8, 4) is 0 Å². The fourth-order valence-corrected chi connectivity index (χ4v) is 2.26. The molecule has 106 valence electrons. The van der Waals surface area contributed by atoms with Gasteiger partial charge in [0.25, 0.3) is 0 Å². The van der Waals surface area contributed by atoms with E-state index in [2.05, 4.69) is 15.3 Å². The standard InChI is InChI=1S/C12H17F3N4/c1-16-11-6-17-10(5-18-11)8-19-4-2-3-9(7-19)12(13,14)15/h5-6,9H,2-4,7-8H2,1H3,(H,16,18). The Kier molecular flexibility index (Phi) is 4.24. The monoisotopic (exact) mass is 274 g/mol. The second kappa shape index (κ2) is 5.73. The summed E-state index contributed by atoms with van der Waals surface area (Å²) in [6.07, 6.45) is -0.111. The molecule has 1 aliphatic heterocycles. The molecular formula is C12H17F3N4. The fourth-order valence-electron chi connectivity index (χ4n) is 2.26. The van der Waals surface area contributed by atoms with E-state index < -0.39 is 12.1 Å². The number of nitrogens with zero attached hydrogens (tertiary/aromatic N) is 3. The molecule has 1 fully saturated rings. The van der Waals surface area contributed by atoms with Crippen LogP contribution < -0.4 is 5.32 Å². The van der Waals surface area contributed by atoms with Crippen LogP contribution in [0, 0.1) is 5.92 Å². The number of hydrogen-bond donors (Lipinski definition) is 1. The van der Waals surface area contributed by atoms with Crippen LogP contribution in [0.3, 0.4) is 0 Å². The van der Waals surface area contributed by atoms with Crippen molar-refractivity contribution in [1.29, 1.82) is 0 Å². The van der Waals surface area contributed by atoms with Crippen molar-refractivity contribution >= 4 is 5.82 Å². The van der Waals surface area contributed by atoms with Gasteiger partial charge < -0.3 is 5.32 Å². The largest absolute Gasteiger partial charge is 0.393 e. The Morgan fingerprint density at radius 3 is 2.74 bits per heavy atom. The van der Waals surface area contributed by atoms with Crippen LogP contribution in [0.5, 0.6) is 0 Å². The van der Waals surface area contributed by atoms with Crippen molar-refractivity contribution < 1.29 is 13.2 Å². The summed E-state index contributed by atoms with van der Waals surface area (Å²) in [4.78, 5) is 10.1. The van der Waals surface area contributed by atoms with Gasteiger partial charge in [-0.15, -0.1) is 0 Å². The molecule has 0 bridgehead atoms. The first-order chi connectivity index (χ1) is 8.99. The zero-order valence-electron chi connectivity index (χ0n) is 10.7. The first-order valence-corrected chi connectivity index (χ1v) is 6.27. The van der Waals surface area contributed by atoms with Crippen molar-refractivity contribution in [1.82, 2.24) is 14.9 Å². The highest BCUT2D eigenvalue weighted by atomic mass is 19.4. The van der Waals surface area contributed by atoms with Crippen LogP contribution in [0.2, 0.25) is 0 Å². The van der Waals surface area contributed by atoms with Crippen LogP contribution in [0.25, 0.3) is 0 Å². The lowest BCUT2D eigenvalue weighted by Crippen LogP contribution is -2.41. The number of anilines is 1. The molecule has 1 aliphatic rings. The predicted molar refractivity (Wildman–Crippen MR) is 65.6 cm³/mol. The Labute approximate surface area is 110 Å². The molecule has 0 saturated carbocycles. The van der Waals surface area contributed by atoms with E-state index in [4.69, 9.17) is 0 Å². The molecule has 1 atom stereocenters. The van der Waals surface area contributed by atoms with E-state index in [-0.39, 0.29) is 13.0 Å². The minimum absolute atomic E-state index is 0.0545. The minimum atomic E-state index is -4.10. The van der Waals surface area contributed by atoms with E-state index in [0.717, 1.165) is 0 Å². The van der Waals surface area contributed by atoms with Gasteiger partial charge in [0.1, 0.15) is 5.82 Å². The molecular weight excluding hydrogens is 257 g/mol. The second-order valence-corrected chi connectivity index (χ2v) is 4.76. The summed E-state index contributed by atoms with van der Waals surface area (Å²) in [5.41, 5.74) is 0.696.